The summed E-state index contributed by atoms with van der Waals surface area (Å²) >= 11 is 8.51. The Kier molecular flexibility index (Phi) is 4.99. The lowest BCUT2D eigenvalue weighted by molar-refractivity contribution is -0.142. The normalized spacial score (nSPS) is 18.7. The number of halogens is 1. The lowest BCUT2D eigenvalue weighted by Gasteiger charge is -2.36. The summed E-state index contributed by atoms with van der Waals surface area (Å²) in [5.41, 5.74) is 7.41. The highest BCUT2D eigenvalue weighted by molar-refractivity contribution is 9.10. The van der Waals surface area contributed by atoms with Gasteiger partial charge in [0.15, 0.2) is 0 Å². The van der Waals surface area contributed by atoms with Gasteiger partial charge < -0.3 is 15.4 Å². The van der Waals surface area contributed by atoms with Crippen molar-refractivity contribution in [2.24, 2.45) is 5.73 Å². The van der Waals surface area contributed by atoms with E-state index in [1.165, 1.54) is 7.11 Å². The molecule has 2 rings (SSSR count). The van der Waals surface area contributed by atoms with Gasteiger partial charge >= 0.3 is 5.97 Å². The molecule has 1 aromatic carbocycles. The fourth-order valence-corrected chi connectivity index (χ4v) is 3.23. The molecule has 108 valence electrons. The van der Waals surface area contributed by atoms with Crippen molar-refractivity contribution in [2.45, 2.75) is 25.3 Å². The van der Waals surface area contributed by atoms with E-state index in [1.54, 1.807) is 0 Å². The number of hydrogen-bond acceptors (Lipinski definition) is 4. The van der Waals surface area contributed by atoms with Crippen LogP contribution in [0.3, 0.4) is 0 Å². The molecule has 1 atom stereocenters. The van der Waals surface area contributed by atoms with Crippen LogP contribution in [0.2, 0.25) is 0 Å². The second-order valence-corrected chi connectivity index (χ2v) is 6.05. The minimum atomic E-state index is -0.222. The zero-order chi connectivity index (χ0) is 14.7. The summed E-state index contributed by atoms with van der Waals surface area (Å²) in [6.45, 7) is 0.838. The van der Waals surface area contributed by atoms with Crippen molar-refractivity contribution in [1.82, 2.24) is 0 Å². The molecule has 0 aliphatic carbocycles. The molecule has 1 aliphatic heterocycles. The van der Waals surface area contributed by atoms with E-state index in [4.69, 9.17) is 22.7 Å². The molecule has 20 heavy (non-hydrogen) atoms. The van der Waals surface area contributed by atoms with Crippen LogP contribution < -0.4 is 10.6 Å². The van der Waals surface area contributed by atoms with E-state index in [2.05, 4.69) is 20.8 Å². The molecule has 0 bridgehead atoms. The largest absolute Gasteiger partial charge is 0.467 e. The fraction of sp³-hybridized carbons (Fsp3) is 0.429. The SMILES string of the molecule is COC(=O)C1CCCCN1c1ccc(C(N)=S)cc1Br. The quantitative estimate of drug-likeness (QED) is 0.666. The van der Waals surface area contributed by atoms with Crippen LogP contribution in [0.15, 0.2) is 22.7 Å². The molecule has 0 saturated carbocycles. The molecule has 1 unspecified atom stereocenters. The highest BCUT2D eigenvalue weighted by Gasteiger charge is 2.30. The highest BCUT2D eigenvalue weighted by Crippen LogP contribution is 2.32. The van der Waals surface area contributed by atoms with E-state index in [9.17, 15) is 4.79 Å². The number of anilines is 1. The van der Waals surface area contributed by atoms with Crippen LogP contribution in [-0.4, -0.2) is 30.7 Å². The molecule has 0 spiro atoms. The van der Waals surface area contributed by atoms with Crippen LogP contribution in [0.4, 0.5) is 5.69 Å². The maximum Gasteiger partial charge on any atom is 0.328 e. The van der Waals surface area contributed by atoms with Crippen molar-refractivity contribution < 1.29 is 9.53 Å². The van der Waals surface area contributed by atoms with Crippen LogP contribution >= 0.6 is 28.1 Å². The van der Waals surface area contributed by atoms with Gasteiger partial charge in [0.1, 0.15) is 11.0 Å². The lowest BCUT2D eigenvalue weighted by Crippen LogP contribution is -2.45. The number of carbonyl (C=O) groups is 1. The van der Waals surface area contributed by atoms with Gasteiger partial charge in [-0.25, -0.2) is 4.79 Å². The summed E-state index contributed by atoms with van der Waals surface area (Å²) in [6, 6.07) is 5.49. The van der Waals surface area contributed by atoms with Crippen LogP contribution in [0.5, 0.6) is 0 Å². The summed E-state index contributed by atoms with van der Waals surface area (Å²) in [4.78, 5) is 14.4. The smallest absolute Gasteiger partial charge is 0.328 e. The minimum Gasteiger partial charge on any atom is -0.467 e. The second-order valence-electron chi connectivity index (χ2n) is 4.76. The first-order valence-electron chi connectivity index (χ1n) is 6.48. The van der Waals surface area contributed by atoms with Crippen LogP contribution in [-0.2, 0) is 9.53 Å². The Balaban J connectivity index is 2.32. The first kappa shape index (κ1) is 15.3. The summed E-state index contributed by atoms with van der Waals surface area (Å²) in [5.74, 6) is -0.185. The van der Waals surface area contributed by atoms with E-state index >= 15 is 0 Å². The van der Waals surface area contributed by atoms with Crippen LogP contribution in [0.25, 0.3) is 0 Å². The Morgan fingerprint density at radius 2 is 2.25 bits per heavy atom. The molecule has 1 aliphatic rings. The molecule has 2 N–H and O–H groups in total. The third-order valence-electron chi connectivity index (χ3n) is 3.52. The van der Waals surface area contributed by atoms with Crippen molar-refractivity contribution >= 4 is 44.8 Å². The molecular formula is C14H17BrN2O2S. The number of hydrogen-bond donors (Lipinski definition) is 1. The molecule has 0 aromatic heterocycles. The number of methoxy groups -OCH3 is 1. The molecule has 0 amide bonds. The van der Waals surface area contributed by atoms with Gasteiger partial charge in [0.2, 0.25) is 0 Å². The molecule has 1 aromatic rings. The second kappa shape index (κ2) is 6.54. The summed E-state index contributed by atoms with van der Waals surface area (Å²) < 4.78 is 5.79. The number of rotatable bonds is 3. The number of benzene rings is 1. The first-order chi connectivity index (χ1) is 9.54. The predicted molar refractivity (Wildman–Crippen MR) is 87.0 cm³/mol. The molecule has 0 radical (unpaired) electrons. The standard InChI is InChI=1S/C14H17BrN2O2S/c1-19-14(18)12-4-2-3-7-17(12)11-6-5-9(13(16)20)8-10(11)15/h5-6,8,12H,2-4,7H2,1H3,(H2,16,20). The Morgan fingerprint density at radius 3 is 2.85 bits per heavy atom. The summed E-state index contributed by atoms with van der Waals surface area (Å²) in [6.07, 6.45) is 2.92. The number of esters is 1. The fourth-order valence-electron chi connectivity index (χ4n) is 2.49. The van der Waals surface area contributed by atoms with E-state index < -0.39 is 0 Å². The van der Waals surface area contributed by atoms with Crippen LogP contribution in [0, 0.1) is 0 Å². The van der Waals surface area contributed by atoms with Crippen molar-refractivity contribution in [3.8, 4) is 0 Å². The number of nitrogens with zero attached hydrogens (tertiary/aromatic N) is 1. The Hall–Kier alpha value is -1.14. The first-order valence-corrected chi connectivity index (χ1v) is 7.68. The molecule has 1 saturated heterocycles. The Labute approximate surface area is 132 Å². The van der Waals surface area contributed by atoms with Crippen molar-refractivity contribution in [2.75, 3.05) is 18.6 Å². The van der Waals surface area contributed by atoms with Gasteiger partial charge in [0.25, 0.3) is 0 Å². The van der Waals surface area contributed by atoms with Gasteiger partial charge in [-0.3, -0.25) is 0 Å². The van der Waals surface area contributed by atoms with Gasteiger partial charge in [0.05, 0.1) is 12.8 Å². The van der Waals surface area contributed by atoms with Gasteiger partial charge in [-0.15, -0.1) is 0 Å². The Bertz CT molecular complexity index is 536. The molecule has 4 nitrogen and oxygen atoms in total. The molecule has 1 fully saturated rings. The number of carbonyl (C=O) groups excluding carboxylic acids is 1. The zero-order valence-corrected chi connectivity index (χ0v) is 13.7. The summed E-state index contributed by atoms with van der Waals surface area (Å²) in [7, 11) is 1.43. The zero-order valence-electron chi connectivity index (χ0n) is 11.3. The number of thiocarbonyl (C=S) groups is 1. The van der Waals surface area contributed by atoms with Crippen molar-refractivity contribution in [3.63, 3.8) is 0 Å². The maximum atomic E-state index is 11.9. The van der Waals surface area contributed by atoms with E-state index in [0.29, 0.717) is 4.99 Å². The highest BCUT2D eigenvalue weighted by atomic mass is 79.9. The monoisotopic (exact) mass is 356 g/mol. The number of ether oxygens (including phenoxy) is 1. The Morgan fingerprint density at radius 1 is 1.50 bits per heavy atom. The topological polar surface area (TPSA) is 55.6 Å². The third-order valence-corrected chi connectivity index (χ3v) is 4.39. The lowest BCUT2D eigenvalue weighted by atomic mass is 10.0. The van der Waals surface area contributed by atoms with E-state index in [0.717, 1.165) is 41.5 Å². The van der Waals surface area contributed by atoms with Gasteiger partial charge in [0, 0.05) is 16.6 Å². The summed E-state index contributed by atoms with van der Waals surface area (Å²) in [5, 5.41) is 0. The third kappa shape index (κ3) is 3.12. The van der Waals surface area contributed by atoms with Gasteiger partial charge in [-0.2, -0.15) is 0 Å². The predicted octanol–water partition coefficient (Wildman–Crippen LogP) is 2.62. The molecule has 6 heteroatoms. The molecular weight excluding hydrogens is 340 g/mol. The average molecular weight is 357 g/mol. The van der Waals surface area contributed by atoms with Gasteiger partial charge in [-0.05, 0) is 53.4 Å². The van der Waals surface area contributed by atoms with E-state index in [-0.39, 0.29) is 12.0 Å². The maximum absolute atomic E-state index is 11.9. The van der Waals surface area contributed by atoms with Gasteiger partial charge in [-0.1, -0.05) is 12.2 Å². The van der Waals surface area contributed by atoms with E-state index in [1.807, 2.05) is 18.2 Å². The molecule has 1 heterocycles. The number of piperidine rings is 1. The average Bonchev–Trinajstić information content (AvgIpc) is 2.46. The van der Waals surface area contributed by atoms with Crippen molar-refractivity contribution in [3.05, 3.63) is 28.2 Å². The van der Waals surface area contributed by atoms with Crippen LogP contribution in [0.1, 0.15) is 24.8 Å². The number of nitrogens with two attached hydrogens (primary N) is 1. The minimum absolute atomic E-state index is 0.185. The van der Waals surface area contributed by atoms with Crippen molar-refractivity contribution in [1.29, 1.82) is 0 Å².